The standard InChI is InChI=1S/C26H20N4OS/c1-2-30-11-9-16-13-19(3-7-23(16)30)26(31)27-20-5-6-21-22(15-20)29-25(28-21)18-4-8-24-17(14-18)10-12-32-24/h3-15H,2H2,1H3,(H,27,31)(H,28,29). The molecule has 156 valence electrons. The fourth-order valence-corrected chi connectivity index (χ4v) is 4.93. The SMILES string of the molecule is CCn1ccc2cc(C(=O)Nc3ccc4nc(-c5ccc6sccc6c5)[nH]c4c3)ccc21. The van der Waals surface area contributed by atoms with Crippen LogP contribution in [0.5, 0.6) is 0 Å². The van der Waals surface area contributed by atoms with Crippen molar-refractivity contribution < 1.29 is 4.79 Å². The number of aromatic amines is 1. The molecule has 0 atom stereocenters. The number of carbonyl (C=O) groups is 1. The third-order valence-corrected chi connectivity index (χ3v) is 6.74. The highest BCUT2D eigenvalue weighted by Gasteiger charge is 2.11. The summed E-state index contributed by atoms with van der Waals surface area (Å²) >= 11 is 1.73. The number of thiophene rings is 1. The zero-order valence-electron chi connectivity index (χ0n) is 17.4. The fraction of sp³-hybridized carbons (Fsp3) is 0.0769. The number of H-pyrrole nitrogens is 1. The first-order valence-electron chi connectivity index (χ1n) is 10.6. The van der Waals surface area contributed by atoms with Gasteiger partial charge in [0.1, 0.15) is 5.82 Å². The smallest absolute Gasteiger partial charge is 0.255 e. The third kappa shape index (κ3) is 3.16. The van der Waals surface area contributed by atoms with Crippen LogP contribution in [0.4, 0.5) is 5.69 Å². The Bertz CT molecular complexity index is 1620. The number of rotatable bonds is 4. The predicted molar refractivity (Wildman–Crippen MR) is 132 cm³/mol. The summed E-state index contributed by atoms with van der Waals surface area (Å²) in [5.74, 6) is 0.695. The molecule has 0 saturated heterocycles. The van der Waals surface area contributed by atoms with Gasteiger partial charge in [0.15, 0.2) is 0 Å². The summed E-state index contributed by atoms with van der Waals surface area (Å²) in [4.78, 5) is 21.0. The van der Waals surface area contributed by atoms with Gasteiger partial charge in [0.2, 0.25) is 0 Å². The van der Waals surface area contributed by atoms with Crippen molar-refractivity contribution in [3.8, 4) is 11.4 Å². The Balaban J connectivity index is 1.28. The van der Waals surface area contributed by atoms with Gasteiger partial charge in [-0.3, -0.25) is 4.79 Å². The maximum atomic E-state index is 12.9. The Kier molecular flexibility index (Phi) is 4.33. The van der Waals surface area contributed by atoms with E-state index in [1.807, 2.05) is 48.7 Å². The Labute approximate surface area is 188 Å². The Morgan fingerprint density at radius 2 is 1.97 bits per heavy atom. The number of imidazole rings is 1. The van der Waals surface area contributed by atoms with Gasteiger partial charge in [0, 0.05) is 45.2 Å². The van der Waals surface area contributed by atoms with E-state index < -0.39 is 0 Å². The van der Waals surface area contributed by atoms with Crippen LogP contribution in [-0.2, 0) is 6.54 Å². The second kappa shape index (κ2) is 7.35. The molecule has 0 radical (unpaired) electrons. The van der Waals surface area contributed by atoms with Gasteiger partial charge in [0.05, 0.1) is 11.0 Å². The summed E-state index contributed by atoms with van der Waals surface area (Å²) in [6.07, 6.45) is 2.05. The molecule has 3 aromatic carbocycles. The van der Waals surface area contributed by atoms with Crippen molar-refractivity contribution >= 4 is 55.0 Å². The van der Waals surface area contributed by atoms with E-state index in [1.165, 1.54) is 10.1 Å². The first-order valence-corrected chi connectivity index (χ1v) is 11.4. The van der Waals surface area contributed by atoms with Gasteiger partial charge in [-0.15, -0.1) is 11.3 Å². The topological polar surface area (TPSA) is 62.7 Å². The molecule has 6 rings (SSSR count). The Morgan fingerprint density at radius 3 is 2.88 bits per heavy atom. The number of nitrogens with one attached hydrogen (secondary N) is 2. The van der Waals surface area contributed by atoms with Crippen LogP contribution in [0, 0.1) is 0 Å². The average Bonchev–Trinajstić information content (AvgIpc) is 3.54. The maximum absolute atomic E-state index is 12.9. The van der Waals surface area contributed by atoms with Crippen LogP contribution in [0.2, 0.25) is 0 Å². The van der Waals surface area contributed by atoms with Crippen molar-refractivity contribution in [3.05, 3.63) is 83.9 Å². The van der Waals surface area contributed by atoms with Gasteiger partial charge >= 0.3 is 0 Å². The molecule has 0 unspecified atom stereocenters. The van der Waals surface area contributed by atoms with Gasteiger partial charge < -0.3 is 14.9 Å². The summed E-state index contributed by atoms with van der Waals surface area (Å²) in [7, 11) is 0. The molecule has 2 N–H and O–H groups in total. The van der Waals surface area contributed by atoms with Gasteiger partial charge in [-0.05, 0) is 84.4 Å². The lowest BCUT2D eigenvalue weighted by atomic mass is 10.1. The van der Waals surface area contributed by atoms with Gasteiger partial charge in [-0.25, -0.2) is 4.98 Å². The normalized spacial score (nSPS) is 11.5. The van der Waals surface area contributed by atoms with Crippen LogP contribution in [0.15, 0.2) is 78.3 Å². The molecule has 6 heteroatoms. The van der Waals surface area contributed by atoms with E-state index in [4.69, 9.17) is 4.98 Å². The lowest BCUT2D eigenvalue weighted by Gasteiger charge is -2.06. The maximum Gasteiger partial charge on any atom is 0.255 e. The van der Waals surface area contributed by atoms with E-state index in [9.17, 15) is 4.79 Å². The molecule has 0 saturated carbocycles. The number of benzene rings is 3. The third-order valence-electron chi connectivity index (χ3n) is 5.84. The molecule has 0 aliphatic heterocycles. The van der Waals surface area contributed by atoms with Crippen LogP contribution < -0.4 is 5.32 Å². The van der Waals surface area contributed by atoms with Crippen LogP contribution in [0.25, 0.3) is 43.4 Å². The molecule has 1 amide bonds. The zero-order valence-corrected chi connectivity index (χ0v) is 18.2. The number of amides is 1. The molecule has 3 aromatic heterocycles. The van der Waals surface area contributed by atoms with E-state index >= 15 is 0 Å². The summed E-state index contributed by atoms with van der Waals surface area (Å²) in [6.45, 7) is 3.01. The molecule has 0 fully saturated rings. The summed E-state index contributed by atoms with van der Waals surface area (Å²) in [5, 5.41) is 7.39. The molecular weight excluding hydrogens is 416 g/mol. The number of nitrogens with zero attached hydrogens (tertiary/aromatic N) is 2. The summed E-state index contributed by atoms with van der Waals surface area (Å²) in [5.41, 5.74) is 5.31. The lowest BCUT2D eigenvalue weighted by Crippen LogP contribution is -2.11. The Morgan fingerprint density at radius 1 is 1.03 bits per heavy atom. The molecule has 32 heavy (non-hydrogen) atoms. The van der Waals surface area contributed by atoms with Crippen molar-refractivity contribution in [2.45, 2.75) is 13.5 Å². The van der Waals surface area contributed by atoms with Crippen molar-refractivity contribution in [2.24, 2.45) is 0 Å². The van der Waals surface area contributed by atoms with E-state index in [1.54, 1.807) is 11.3 Å². The number of anilines is 1. The molecular formula is C26H20N4OS. The highest BCUT2D eigenvalue weighted by molar-refractivity contribution is 7.17. The Hall–Kier alpha value is -3.90. The minimum atomic E-state index is -0.127. The first-order chi connectivity index (χ1) is 15.7. The van der Waals surface area contributed by atoms with E-state index in [0.717, 1.165) is 45.6 Å². The van der Waals surface area contributed by atoms with E-state index in [2.05, 4.69) is 51.4 Å². The largest absolute Gasteiger partial charge is 0.348 e. The second-order valence-electron chi connectivity index (χ2n) is 7.82. The number of hydrogen-bond acceptors (Lipinski definition) is 3. The minimum absolute atomic E-state index is 0.127. The quantitative estimate of drug-likeness (QED) is 0.324. The molecule has 0 bridgehead atoms. The predicted octanol–water partition coefficient (Wildman–Crippen LogP) is 6.67. The van der Waals surface area contributed by atoms with E-state index in [-0.39, 0.29) is 5.91 Å². The van der Waals surface area contributed by atoms with Crippen molar-refractivity contribution in [2.75, 3.05) is 5.32 Å². The zero-order chi connectivity index (χ0) is 21.7. The molecule has 0 aliphatic carbocycles. The molecule has 3 heterocycles. The van der Waals surface area contributed by atoms with Crippen LogP contribution in [0.3, 0.4) is 0 Å². The van der Waals surface area contributed by atoms with Crippen LogP contribution >= 0.6 is 11.3 Å². The second-order valence-corrected chi connectivity index (χ2v) is 8.77. The lowest BCUT2D eigenvalue weighted by molar-refractivity contribution is 0.102. The highest BCUT2D eigenvalue weighted by Crippen LogP contribution is 2.28. The highest BCUT2D eigenvalue weighted by atomic mass is 32.1. The monoisotopic (exact) mass is 436 g/mol. The number of aromatic nitrogens is 3. The molecule has 0 aliphatic rings. The van der Waals surface area contributed by atoms with Crippen molar-refractivity contribution in [3.63, 3.8) is 0 Å². The number of aryl methyl sites for hydroxylation is 1. The van der Waals surface area contributed by atoms with Crippen molar-refractivity contribution in [1.82, 2.24) is 14.5 Å². The number of carbonyl (C=O) groups excluding carboxylic acids is 1. The van der Waals surface area contributed by atoms with Gasteiger partial charge in [-0.2, -0.15) is 0 Å². The summed E-state index contributed by atoms with van der Waals surface area (Å²) < 4.78 is 3.43. The molecule has 5 nitrogen and oxygen atoms in total. The summed E-state index contributed by atoms with van der Waals surface area (Å²) in [6, 6.07) is 22.1. The van der Waals surface area contributed by atoms with E-state index in [0.29, 0.717) is 5.56 Å². The number of hydrogen-bond donors (Lipinski definition) is 2. The van der Waals surface area contributed by atoms with Gasteiger partial charge in [0.25, 0.3) is 5.91 Å². The first kappa shape index (κ1) is 18.8. The van der Waals surface area contributed by atoms with Gasteiger partial charge in [-0.1, -0.05) is 0 Å². The number of fused-ring (bicyclic) bond motifs is 3. The van der Waals surface area contributed by atoms with Crippen molar-refractivity contribution in [1.29, 1.82) is 0 Å². The molecule has 0 spiro atoms. The van der Waals surface area contributed by atoms with Crippen LogP contribution in [0.1, 0.15) is 17.3 Å². The average molecular weight is 437 g/mol. The minimum Gasteiger partial charge on any atom is -0.348 e. The molecule has 6 aromatic rings. The fourth-order valence-electron chi connectivity index (χ4n) is 4.16. The van der Waals surface area contributed by atoms with Crippen LogP contribution in [-0.4, -0.2) is 20.4 Å².